The molecule has 0 saturated carbocycles. The maximum atomic E-state index is 12.4. The van der Waals surface area contributed by atoms with Crippen molar-refractivity contribution in [3.63, 3.8) is 0 Å². The van der Waals surface area contributed by atoms with E-state index in [2.05, 4.69) is 15.3 Å². The summed E-state index contributed by atoms with van der Waals surface area (Å²) in [5.74, 6) is 1.44. The third kappa shape index (κ3) is 4.41. The van der Waals surface area contributed by atoms with Gasteiger partial charge in [-0.1, -0.05) is 17.7 Å². The van der Waals surface area contributed by atoms with Gasteiger partial charge < -0.3 is 14.6 Å². The summed E-state index contributed by atoms with van der Waals surface area (Å²) in [5.41, 5.74) is 1.35. The van der Waals surface area contributed by atoms with E-state index in [-0.39, 0.29) is 17.4 Å². The predicted octanol–water partition coefficient (Wildman–Crippen LogP) is 3.32. The Hall–Kier alpha value is -3.06. The third-order valence-electron chi connectivity index (χ3n) is 5.39. The van der Waals surface area contributed by atoms with E-state index in [1.54, 1.807) is 24.5 Å². The van der Waals surface area contributed by atoms with E-state index in [9.17, 15) is 9.59 Å². The molecular weight excluding hydrogens is 404 g/mol. The number of hydrogen-bond acceptors (Lipinski definition) is 5. The lowest BCUT2D eigenvalue weighted by molar-refractivity contribution is -0.125. The fraction of sp³-hybridized carbons (Fsp3) is 0.318. The number of amides is 1. The summed E-state index contributed by atoms with van der Waals surface area (Å²) in [4.78, 5) is 26.9. The van der Waals surface area contributed by atoms with Gasteiger partial charge in [0.05, 0.1) is 18.5 Å². The van der Waals surface area contributed by atoms with Crippen LogP contribution in [0.25, 0.3) is 5.69 Å². The molecule has 3 heterocycles. The Labute approximate surface area is 179 Å². The van der Waals surface area contributed by atoms with Crippen LogP contribution in [-0.4, -0.2) is 28.8 Å². The first-order valence-corrected chi connectivity index (χ1v) is 10.3. The van der Waals surface area contributed by atoms with Crippen LogP contribution in [0.3, 0.4) is 0 Å². The van der Waals surface area contributed by atoms with Gasteiger partial charge in [0.2, 0.25) is 5.91 Å². The average molecular weight is 427 g/mol. The molecule has 1 fully saturated rings. The highest BCUT2D eigenvalue weighted by Crippen LogP contribution is 2.23. The number of rotatable bonds is 5. The number of furan rings is 1. The zero-order valence-corrected chi connectivity index (χ0v) is 17.4. The number of aromatic nitrogens is 2. The number of benzene rings is 1. The molecule has 0 aliphatic carbocycles. The Morgan fingerprint density at radius 3 is 2.73 bits per heavy atom. The number of nitrogens with zero attached hydrogens (tertiary/aromatic N) is 3. The smallest absolute Gasteiger partial charge is 0.271 e. The van der Waals surface area contributed by atoms with Gasteiger partial charge in [0.15, 0.2) is 0 Å². The Morgan fingerprint density at radius 1 is 1.23 bits per heavy atom. The van der Waals surface area contributed by atoms with Crippen molar-refractivity contribution in [3.05, 3.63) is 75.4 Å². The summed E-state index contributed by atoms with van der Waals surface area (Å²) < 4.78 is 6.61. The zero-order valence-electron chi connectivity index (χ0n) is 16.7. The second-order valence-corrected chi connectivity index (χ2v) is 7.84. The molecule has 0 unspecified atom stereocenters. The highest BCUT2D eigenvalue weighted by Gasteiger charge is 2.26. The second kappa shape index (κ2) is 8.75. The first-order chi connectivity index (χ1) is 14.5. The van der Waals surface area contributed by atoms with Crippen LogP contribution in [-0.2, 0) is 11.3 Å². The van der Waals surface area contributed by atoms with Crippen molar-refractivity contribution in [2.45, 2.75) is 26.3 Å². The van der Waals surface area contributed by atoms with Crippen molar-refractivity contribution < 1.29 is 9.21 Å². The number of nitrogens with one attached hydrogen (secondary N) is 1. The number of carbonyl (C=O) groups is 1. The number of anilines is 1. The number of carbonyl (C=O) groups excluding carboxylic acids is 1. The highest BCUT2D eigenvalue weighted by atomic mass is 35.5. The minimum absolute atomic E-state index is 0.0401. The van der Waals surface area contributed by atoms with Crippen molar-refractivity contribution in [2.75, 3.05) is 18.0 Å². The van der Waals surface area contributed by atoms with E-state index in [0.29, 0.717) is 36.2 Å². The standard InChI is InChI=1S/C22H23ClN4O3/c1-15-4-5-17(13-19(15)23)27-21(28)7-6-20(25-27)26-10-8-16(9-11-26)22(29)24-14-18-3-2-12-30-18/h2-7,12-13,16H,8-11,14H2,1H3,(H,24,29). The molecule has 1 N–H and O–H groups in total. The van der Waals surface area contributed by atoms with Crippen molar-refractivity contribution in [1.29, 1.82) is 0 Å². The third-order valence-corrected chi connectivity index (χ3v) is 5.80. The van der Waals surface area contributed by atoms with Crippen molar-refractivity contribution in [1.82, 2.24) is 15.1 Å². The van der Waals surface area contributed by atoms with Crippen LogP contribution in [0.4, 0.5) is 5.82 Å². The topological polar surface area (TPSA) is 80.4 Å². The minimum atomic E-state index is -0.217. The van der Waals surface area contributed by atoms with Crippen LogP contribution in [0.15, 0.2) is 57.9 Å². The molecule has 30 heavy (non-hydrogen) atoms. The van der Waals surface area contributed by atoms with E-state index < -0.39 is 0 Å². The molecule has 4 rings (SSSR count). The summed E-state index contributed by atoms with van der Waals surface area (Å²) >= 11 is 6.21. The van der Waals surface area contributed by atoms with Crippen LogP contribution < -0.4 is 15.8 Å². The highest BCUT2D eigenvalue weighted by molar-refractivity contribution is 6.31. The van der Waals surface area contributed by atoms with Crippen molar-refractivity contribution in [3.8, 4) is 5.69 Å². The predicted molar refractivity (Wildman–Crippen MR) is 115 cm³/mol. The van der Waals surface area contributed by atoms with Gasteiger partial charge in [0.25, 0.3) is 5.56 Å². The van der Waals surface area contributed by atoms with Crippen LogP contribution >= 0.6 is 11.6 Å². The minimum Gasteiger partial charge on any atom is -0.467 e. The number of hydrogen-bond donors (Lipinski definition) is 1. The quantitative estimate of drug-likeness (QED) is 0.677. The van der Waals surface area contributed by atoms with Gasteiger partial charge in [-0.25, -0.2) is 0 Å². The van der Waals surface area contributed by atoms with Gasteiger partial charge >= 0.3 is 0 Å². The molecule has 7 nitrogen and oxygen atoms in total. The molecular formula is C22H23ClN4O3. The summed E-state index contributed by atoms with van der Waals surface area (Å²) in [6.07, 6.45) is 3.04. The molecule has 8 heteroatoms. The van der Waals surface area contributed by atoms with E-state index >= 15 is 0 Å². The van der Waals surface area contributed by atoms with Crippen LogP contribution in [0.2, 0.25) is 5.02 Å². The van der Waals surface area contributed by atoms with Gasteiger partial charge in [-0.15, -0.1) is 5.10 Å². The van der Waals surface area contributed by atoms with Gasteiger partial charge in [-0.3, -0.25) is 9.59 Å². The van der Waals surface area contributed by atoms with Gasteiger partial charge in [0.1, 0.15) is 11.6 Å². The van der Waals surface area contributed by atoms with E-state index in [1.165, 1.54) is 10.7 Å². The summed E-state index contributed by atoms with van der Waals surface area (Å²) in [6, 6.07) is 12.3. The number of piperidine rings is 1. The fourth-order valence-corrected chi connectivity index (χ4v) is 3.75. The Kier molecular flexibility index (Phi) is 5.90. The van der Waals surface area contributed by atoms with Crippen molar-refractivity contribution >= 4 is 23.3 Å². The van der Waals surface area contributed by atoms with E-state index in [4.69, 9.17) is 16.0 Å². The molecule has 0 radical (unpaired) electrons. The Bertz CT molecular complexity index is 1090. The first-order valence-electron chi connectivity index (χ1n) is 9.93. The Morgan fingerprint density at radius 2 is 2.03 bits per heavy atom. The van der Waals surface area contributed by atoms with Crippen LogP contribution in [0.5, 0.6) is 0 Å². The lowest BCUT2D eigenvalue weighted by Crippen LogP contribution is -2.41. The summed E-state index contributed by atoms with van der Waals surface area (Å²) in [7, 11) is 0. The molecule has 0 atom stereocenters. The molecule has 1 amide bonds. The maximum absolute atomic E-state index is 12.4. The summed E-state index contributed by atoms with van der Waals surface area (Å²) in [6.45, 7) is 3.70. The van der Waals surface area contributed by atoms with Crippen LogP contribution in [0.1, 0.15) is 24.2 Å². The van der Waals surface area contributed by atoms with Gasteiger partial charge in [0, 0.05) is 30.1 Å². The number of aryl methyl sites for hydroxylation is 1. The number of halogens is 1. The second-order valence-electron chi connectivity index (χ2n) is 7.43. The molecule has 2 aromatic heterocycles. The lowest BCUT2D eigenvalue weighted by atomic mass is 9.96. The van der Waals surface area contributed by atoms with Gasteiger partial charge in [-0.05, 0) is 55.7 Å². The van der Waals surface area contributed by atoms with Crippen LogP contribution in [0, 0.1) is 12.8 Å². The SMILES string of the molecule is Cc1ccc(-n2nc(N3CCC(C(=O)NCc4ccco4)CC3)ccc2=O)cc1Cl. The molecule has 1 aliphatic heterocycles. The van der Waals surface area contributed by atoms with E-state index in [1.807, 2.05) is 25.1 Å². The van der Waals surface area contributed by atoms with Gasteiger partial charge in [-0.2, -0.15) is 4.68 Å². The first kappa shape index (κ1) is 20.2. The maximum Gasteiger partial charge on any atom is 0.271 e. The van der Waals surface area contributed by atoms with E-state index in [0.717, 1.165) is 24.2 Å². The lowest BCUT2D eigenvalue weighted by Gasteiger charge is -2.32. The molecule has 0 bridgehead atoms. The normalized spacial score (nSPS) is 14.7. The summed E-state index contributed by atoms with van der Waals surface area (Å²) in [5, 5.41) is 8.06. The molecule has 156 valence electrons. The molecule has 1 saturated heterocycles. The average Bonchev–Trinajstić information content (AvgIpc) is 3.28. The Balaban J connectivity index is 1.41. The fourth-order valence-electron chi connectivity index (χ4n) is 3.57. The monoisotopic (exact) mass is 426 g/mol. The molecule has 1 aromatic carbocycles. The zero-order chi connectivity index (χ0) is 21.1. The molecule has 3 aromatic rings. The van der Waals surface area contributed by atoms with Crippen molar-refractivity contribution in [2.24, 2.45) is 5.92 Å². The largest absolute Gasteiger partial charge is 0.467 e. The molecule has 0 spiro atoms. The molecule has 1 aliphatic rings.